The summed E-state index contributed by atoms with van der Waals surface area (Å²) < 4.78 is 1.43. The first-order valence-corrected chi connectivity index (χ1v) is 9.65. The normalized spacial score (nSPS) is 12.0. The maximum absolute atomic E-state index is 13.3. The molecule has 0 radical (unpaired) electrons. The molecule has 154 valence electrons. The van der Waals surface area contributed by atoms with E-state index in [0.29, 0.717) is 31.7 Å². The third-order valence-corrected chi connectivity index (χ3v) is 4.80. The number of amides is 1. The van der Waals surface area contributed by atoms with Crippen LogP contribution in [-0.2, 0) is 6.54 Å². The van der Waals surface area contributed by atoms with Crippen LogP contribution in [0.15, 0.2) is 15.7 Å². The van der Waals surface area contributed by atoms with Gasteiger partial charge in [-0.1, -0.05) is 34.6 Å². The number of carbonyl (C=O) groups is 1. The van der Waals surface area contributed by atoms with E-state index in [1.165, 1.54) is 4.57 Å². The molecule has 8 heteroatoms. The van der Waals surface area contributed by atoms with Gasteiger partial charge in [-0.05, 0) is 30.4 Å². The van der Waals surface area contributed by atoms with Crippen molar-refractivity contribution in [3.05, 3.63) is 38.2 Å². The number of aromatic amines is 1. The summed E-state index contributed by atoms with van der Waals surface area (Å²) in [6, 6.07) is 1.66. The van der Waals surface area contributed by atoms with E-state index in [0.717, 1.165) is 0 Å². The van der Waals surface area contributed by atoms with E-state index in [1.54, 1.807) is 18.0 Å². The first-order chi connectivity index (χ1) is 13.0. The lowest BCUT2D eigenvalue weighted by Crippen LogP contribution is -2.40. The fourth-order valence-corrected chi connectivity index (χ4v) is 3.17. The van der Waals surface area contributed by atoms with Crippen molar-refractivity contribution in [1.82, 2.24) is 19.4 Å². The Morgan fingerprint density at radius 1 is 1.36 bits per heavy atom. The SMILES string of the molecule is CCCn1c(=O)[nH]c(=O)c2c(C(=O)N(C)CC(C)(C)CN)cc(C(C)C)nc21. The summed E-state index contributed by atoms with van der Waals surface area (Å²) in [4.78, 5) is 46.7. The molecule has 0 aliphatic heterocycles. The lowest BCUT2D eigenvalue weighted by atomic mass is 9.93. The maximum Gasteiger partial charge on any atom is 0.329 e. The molecule has 0 unspecified atom stereocenters. The van der Waals surface area contributed by atoms with Crippen LogP contribution in [0.2, 0.25) is 0 Å². The number of carbonyl (C=O) groups excluding carboxylic acids is 1. The van der Waals surface area contributed by atoms with Crippen LogP contribution in [0.4, 0.5) is 0 Å². The smallest absolute Gasteiger partial charge is 0.329 e. The number of H-pyrrole nitrogens is 1. The lowest BCUT2D eigenvalue weighted by molar-refractivity contribution is 0.0742. The van der Waals surface area contributed by atoms with Gasteiger partial charge in [-0.25, -0.2) is 9.78 Å². The number of hydrogen-bond donors (Lipinski definition) is 2. The molecule has 0 fully saturated rings. The second kappa shape index (κ2) is 8.26. The molecule has 8 nitrogen and oxygen atoms in total. The van der Waals surface area contributed by atoms with Crippen molar-refractivity contribution in [3.8, 4) is 0 Å². The average molecular weight is 390 g/mol. The van der Waals surface area contributed by atoms with E-state index < -0.39 is 11.2 Å². The number of nitrogens with one attached hydrogen (secondary N) is 1. The van der Waals surface area contributed by atoms with Crippen molar-refractivity contribution in [2.75, 3.05) is 20.1 Å². The van der Waals surface area contributed by atoms with Gasteiger partial charge in [0.2, 0.25) is 0 Å². The molecule has 2 heterocycles. The molecule has 3 N–H and O–H groups in total. The van der Waals surface area contributed by atoms with E-state index in [9.17, 15) is 14.4 Å². The van der Waals surface area contributed by atoms with Gasteiger partial charge in [-0.2, -0.15) is 0 Å². The van der Waals surface area contributed by atoms with Gasteiger partial charge >= 0.3 is 5.69 Å². The van der Waals surface area contributed by atoms with Gasteiger partial charge in [-0.3, -0.25) is 19.1 Å². The summed E-state index contributed by atoms with van der Waals surface area (Å²) in [6.45, 7) is 11.1. The largest absolute Gasteiger partial charge is 0.341 e. The highest BCUT2D eigenvalue weighted by Crippen LogP contribution is 2.22. The number of nitrogens with two attached hydrogens (primary N) is 1. The van der Waals surface area contributed by atoms with Crippen LogP contribution in [0.1, 0.15) is 63.0 Å². The minimum absolute atomic E-state index is 0.0335. The van der Waals surface area contributed by atoms with Crippen LogP contribution in [0, 0.1) is 5.41 Å². The first kappa shape index (κ1) is 21.8. The maximum atomic E-state index is 13.3. The number of nitrogens with zero attached hydrogens (tertiary/aromatic N) is 3. The molecular formula is C20H31N5O3. The van der Waals surface area contributed by atoms with E-state index in [1.807, 2.05) is 34.6 Å². The molecule has 0 saturated heterocycles. The van der Waals surface area contributed by atoms with Crippen LogP contribution >= 0.6 is 0 Å². The topological polar surface area (TPSA) is 114 Å². The molecule has 2 aromatic rings. The lowest BCUT2D eigenvalue weighted by Gasteiger charge is -2.29. The average Bonchev–Trinajstić information content (AvgIpc) is 2.62. The van der Waals surface area contributed by atoms with Crippen molar-refractivity contribution in [3.63, 3.8) is 0 Å². The summed E-state index contributed by atoms with van der Waals surface area (Å²) in [7, 11) is 1.69. The van der Waals surface area contributed by atoms with E-state index in [4.69, 9.17) is 5.73 Å². The molecule has 2 rings (SSSR count). The molecule has 0 aliphatic rings. The third-order valence-electron chi connectivity index (χ3n) is 4.80. The van der Waals surface area contributed by atoms with Crippen molar-refractivity contribution in [2.24, 2.45) is 11.1 Å². The highest BCUT2D eigenvalue weighted by Gasteiger charge is 2.26. The number of fused-ring (bicyclic) bond motifs is 1. The molecule has 0 aliphatic carbocycles. The number of rotatable bonds is 7. The molecule has 0 bridgehead atoms. The molecule has 0 saturated carbocycles. The van der Waals surface area contributed by atoms with Crippen LogP contribution in [0.3, 0.4) is 0 Å². The molecule has 28 heavy (non-hydrogen) atoms. The van der Waals surface area contributed by atoms with Gasteiger partial charge in [0.1, 0.15) is 0 Å². The van der Waals surface area contributed by atoms with Gasteiger partial charge in [0.25, 0.3) is 11.5 Å². The van der Waals surface area contributed by atoms with E-state index >= 15 is 0 Å². The summed E-state index contributed by atoms with van der Waals surface area (Å²) in [5.74, 6) is -0.255. The van der Waals surface area contributed by atoms with Gasteiger partial charge in [0.15, 0.2) is 5.65 Å². The molecule has 2 aromatic heterocycles. The molecule has 0 spiro atoms. The summed E-state index contributed by atoms with van der Waals surface area (Å²) in [5, 5.41) is 0.153. The van der Waals surface area contributed by atoms with Crippen molar-refractivity contribution in [2.45, 2.75) is 53.5 Å². The first-order valence-electron chi connectivity index (χ1n) is 9.65. The number of aryl methyl sites for hydroxylation is 1. The van der Waals surface area contributed by atoms with Crippen LogP contribution < -0.4 is 17.0 Å². The Bertz CT molecular complexity index is 988. The fourth-order valence-electron chi connectivity index (χ4n) is 3.17. The summed E-state index contributed by atoms with van der Waals surface area (Å²) >= 11 is 0. The second-order valence-electron chi connectivity index (χ2n) is 8.39. The minimum atomic E-state index is -0.593. The van der Waals surface area contributed by atoms with Crippen LogP contribution in [0.25, 0.3) is 11.0 Å². The molecular weight excluding hydrogens is 358 g/mol. The van der Waals surface area contributed by atoms with Gasteiger partial charge in [-0.15, -0.1) is 0 Å². The Morgan fingerprint density at radius 3 is 2.54 bits per heavy atom. The molecule has 1 amide bonds. The number of hydrogen-bond acceptors (Lipinski definition) is 5. The Hall–Kier alpha value is -2.48. The number of pyridine rings is 1. The quantitative estimate of drug-likeness (QED) is 0.748. The zero-order chi connectivity index (χ0) is 21.2. The monoisotopic (exact) mass is 389 g/mol. The van der Waals surface area contributed by atoms with E-state index in [-0.39, 0.29) is 33.8 Å². The van der Waals surface area contributed by atoms with E-state index in [2.05, 4.69) is 9.97 Å². The molecule has 0 aromatic carbocycles. The van der Waals surface area contributed by atoms with Gasteiger partial charge in [0, 0.05) is 25.8 Å². The Balaban J connectivity index is 2.77. The fraction of sp³-hybridized carbons (Fsp3) is 0.600. The standard InChI is InChI=1S/C20H31N5O3/c1-7-8-25-16-15(17(26)23-19(25)28)13(9-14(22-16)12(2)3)18(27)24(6)11-20(4,5)10-21/h9,12H,7-8,10-11,21H2,1-6H3,(H,23,26,28). The highest BCUT2D eigenvalue weighted by molar-refractivity contribution is 6.05. The van der Waals surface area contributed by atoms with Crippen LogP contribution in [0.5, 0.6) is 0 Å². The summed E-state index contributed by atoms with van der Waals surface area (Å²) in [5.41, 5.74) is 5.62. The second-order valence-corrected chi connectivity index (χ2v) is 8.39. The predicted octanol–water partition coefficient (Wildman–Crippen LogP) is 1.68. The molecule has 0 atom stereocenters. The zero-order valence-corrected chi connectivity index (χ0v) is 17.6. The van der Waals surface area contributed by atoms with Crippen LogP contribution in [-0.4, -0.2) is 45.5 Å². The minimum Gasteiger partial charge on any atom is -0.341 e. The highest BCUT2D eigenvalue weighted by atomic mass is 16.2. The Labute approximate surface area is 164 Å². The Kier molecular flexibility index (Phi) is 6.44. The predicted molar refractivity (Wildman–Crippen MR) is 111 cm³/mol. The third kappa shape index (κ3) is 4.32. The summed E-state index contributed by atoms with van der Waals surface area (Å²) in [6.07, 6.45) is 0.697. The zero-order valence-electron chi connectivity index (χ0n) is 17.6. The van der Waals surface area contributed by atoms with Gasteiger partial charge in [0.05, 0.1) is 10.9 Å². The Morgan fingerprint density at radius 2 is 2.00 bits per heavy atom. The van der Waals surface area contributed by atoms with Gasteiger partial charge < -0.3 is 10.6 Å². The van der Waals surface area contributed by atoms with Crippen molar-refractivity contribution < 1.29 is 4.79 Å². The van der Waals surface area contributed by atoms with Crippen molar-refractivity contribution >= 4 is 16.9 Å². The van der Waals surface area contributed by atoms with Crippen molar-refractivity contribution in [1.29, 1.82) is 0 Å². The number of aromatic nitrogens is 3.